The van der Waals surface area contributed by atoms with E-state index in [9.17, 15) is 23.3 Å². The molecule has 0 spiro atoms. The van der Waals surface area contributed by atoms with Gasteiger partial charge < -0.3 is 15.5 Å². The maximum absolute atomic E-state index is 13.1. The maximum Gasteiger partial charge on any atom is 0.292 e. The van der Waals surface area contributed by atoms with Crippen molar-refractivity contribution in [2.75, 3.05) is 41.7 Å². The second-order valence-corrected chi connectivity index (χ2v) is 10.3. The van der Waals surface area contributed by atoms with Crippen molar-refractivity contribution < 1.29 is 18.1 Å². The number of nitro benzene ring substituents is 1. The Bertz CT molecular complexity index is 1340. The number of rotatable bonds is 8. The van der Waals surface area contributed by atoms with Crippen molar-refractivity contribution in [1.82, 2.24) is 4.31 Å². The van der Waals surface area contributed by atoms with E-state index in [2.05, 4.69) is 10.6 Å². The lowest BCUT2D eigenvalue weighted by atomic mass is 10.2. The summed E-state index contributed by atoms with van der Waals surface area (Å²) in [5, 5.41) is 17.3. The van der Waals surface area contributed by atoms with Gasteiger partial charge in [-0.15, -0.1) is 0 Å². The second-order valence-electron chi connectivity index (χ2n) is 8.39. The first-order valence-corrected chi connectivity index (χ1v) is 12.9. The molecule has 0 bridgehead atoms. The van der Waals surface area contributed by atoms with Crippen LogP contribution in [0.15, 0.2) is 77.7 Å². The fraction of sp³-hybridized carbons (Fsp3) is 0.240. The van der Waals surface area contributed by atoms with Gasteiger partial charge in [-0.3, -0.25) is 14.9 Å². The van der Waals surface area contributed by atoms with Crippen LogP contribution in [-0.4, -0.2) is 49.7 Å². The first-order chi connectivity index (χ1) is 17.2. The van der Waals surface area contributed by atoms with Crippen LogP contribution in [0.5, 0.6) is 0 Å². The Hall–Kier alpha value is -3.96. The molecule has 11 heteroatoms. The number of benzene rings is 3. The number of carbonyl (C=O) groups excluding carboxylic acids is 1. The van der Waals surface area contributed by atoms with Crippen LogP contribution < -0.4 is 15.5 Å². The molecular weight excluding hydrogens is 482 g/mol. The molecule has 3 aromatic carbocycles. The van der Waals surface area contributed by atoms with Gasteiger partial charge in [-0.1, -0.05) is 30.3 Å². The van der Waals surface area contributed by atoms with Crippen molar-refractivity contribution >= 4 is 38.7 Å². The number of hydrogen-bond donors (Lipinski definition) is 2. The van der Waals surface area contributed by atoms with Crippen LogP contribution in [0.4, 0.5) is 22.7 Å². The lowest BCUT2D eigenvalue weighted by Gasteiger charge is -2.35. The summed E-state index contributed by atoms with van der Waals surface area (Å²) < 4.78 is 27.6. The number of sulfonamides is 1. The van der Waals surface area contributed by atoms with Gasteiger partial charge in [-0.2, -0.15) is 4.31 Å². The molecule has 4 rings (SSSR count). The van der Waals surface area contributed by atoms with Gasteiger partial charge in [0, 0.05) is 57.1 Å². The number of anilines is 3. The maximum atomic E-state index is 13.1. The molecule has 188 valence electrons. The molecule has 3 aromatic rings. The van der Waals surface area contributed by atoms with Gasteiger partial charge in [0.25, 0.3) is 5.69 Å². The summed E-state index contributed by atoms with van der Waals surface area (Å²) in [5.41, 5.74) is 2.71. The molecule has 1 heterocycles. The minimum atomic E-state index is -3.69. The standard InChI is InChI=1S/C25H27N5O5S/c1-19(31)27-21-7-10-23(11-8-21)36(34,35)29-15-13-28(14-16-29)22-9-12-25(30(32)33)24(17-22)26-18-20-5-3-2-4-6-20/h2-12,17,26H,13-16,18H2,1H3,(H,27,31). The number of piperazine rings is 1. The Kier molecular flexibility index (Phi) is 7.51. The minimum Gasteiger partial charge on any atom is -0.375 e. The van der Waals surface area contributed by atoms with Gasteiger partial charge >= 0.3 is 0 Å². The number of nitro groups is 1. The van der Waals surface area contributed by atoms with Crippen molar-refractivity contribution in [3.8, 4) is 0 Å². The van der Waals surface area contributed by atoms with Crippen LogP contribution >= 0.6 is 0 Å². The first-order valence-electron chi connectivity index (χ1n) is 11.4. The Labute approximate surface area is 209 Å². The van der Waals surface area contributed by atoms with Crippen LogP contribution in [0.1, 0.15) is 12.5 Å². The molecule has 2 N–H and O–H groups in total. The molecule has 1 fully saturated rings. The van der Waals surface area contributed by atoms with E-state index in [-0.39, 0.29) is 29.6 Å². The average molecular weight is 510 g/mol. The van der Waals surface area contributed by atoms with E-state index in [4.69, 9.17) is 0 Å². The van der Waals surface area contributed by atoms with E-state index in [0.717, 1.165) is 11.3 Å². The van der Waals surface area contributed by atoms with Crippen molar-refractivity contribution in [3.63, 3.8) is 0 Å². The van der Waals surface area contributed by atoms with Crippen LogP contribution in [0, 0.1) is 10.1 Å². The summed E-state index contributed by atoms with van der Waals surface area (Å²) >= 11 is 0. The monoisotopic (exact) mass is 509 g/mol. The lowest BCUT2D eigenvalue weighted by Crippen LogP contribution is -2.48. The minimum absolute atomic E-state index is 0.0152. The number of nitrogens with one attached hydrogen (secondary N) is 2. The number of hydrogen-bond acceptors (Lipinski definition) is 7. The Morgan fingerprint density at radius 3 is 2.25 bits per heavy atom. The molecule has 36 heavy (non-hydrogen) atoms. The van der Waals surface area contributed by atoms with Crippen LogP contribution in [0.3, 0.4) is 0 Å². The zero-order valence-electron chi connectivity index (χ0n) is 19.8. The Balaban J connectivity index is 1.44. The summed E-state index contributed by atoms with van der Waals surface area (Å²) in [5.74, 6) is -0.230. The Morgan fingerprint density at radius 1 is 0.972 bits per heavy atom. The first kappa shape index (κ1) is 25.1. The van der Waals surface area contributed by atoms with E-state index in [1.54, 1.807) is 24.3 Å². The summed E-state index contributed by atoms with van der Waals surface area (Å²) in [6, 6.07) is 20.6. The lowest BCUT2D eigenvalue weighted by molar-refractivity contribution is -0.384. The Morgan fingerprint density at radius 2 is 1.64 bits per heavy atom. The third-order valence-corrected chi connectivity index (χ3v) is 7.83. The van der Waals surface area contributed by atoms with Gasteiger partial charge in [0.05, 0.1) is 9.82 Å². The predicted octanol–water partition coefficient (Wildman–Crippen LogP) is 3.68. The highest BCUT2D eigenvalue weighted by atomic mass is 32.2. The van der Waals surface area contributed by atoms with Gasteiger partial charge in [0.15, 0.2) is 0 Å². The molecule has 10 nitrogen and oxygen atoms in total. The number of carbonyl (C=O) groups is 1. The smallest absolute Gasteiger partial charge is 0.292 e. The van der Waals surface area contributed by atoms with E-state index in [1.165, 1.54) is 29.4 Å². The summed E-state index contributed by atoms with van der Waals surface area (Å²) in [7, 11) is -3.69. The van der Waals surface area contributed by atoms with Gasteiger partial charge in [-0.25, -0.2) is 8.42 Å². The van der Waals surface area contributed by atoms with Crippen molar-refractivity contribution in [2.45, 2.75) is 18.4 Å². The molecular formula is C25H27N5O5S. The quantitative estimate of drug-likeness (QED) is 0.351. The molecule has 1 aliphatic heterocycles. The molecule has 0 radical (unpaired) electrons. The summed E-state index contributed by atoms with van der Waals surface area (Å²) in [6.07, 6.45) is 0. The fourth-order valence-electron chi connectivity index (χ4n) is 4.06. The zero-order valence-corrected chi connectivity index (χ0v) is 20.6. The molecule has 0 atom stereocenters. The summed E-state index contributed by atoms with van der Waals surface area (Å²) in [6.45, 7) is 3.27. The largest absolute Gasteiger partial charge is 0.375 e. The molecule has 0 saturated carbocycles. The van der Waals surface area contributed by atoms with Crippen LogP contribution in [0.2, 0.25) is 0 Å². The van der Waals surface area contributed by atoms with E-state index < -0.39 is 14.9 Å². The SMILES string of the molecule is CC(=O)Nc1ccc(S(=O)(=O)N2CCN(c3ccc([N+](=O)[O-])c(NCc4ccccc4)c3)CC2)cc1. The van der Waals surface area contributed by atoms with Crippen molar-refractivity contribution in [2.24, 2.45) is 0 Å². The third kappa shape index (κ3) is 5.81. The number of nitrogens with zero attached hydrogens (tertiary/aromatic N) is 3. The topological polar surface area (TPSA) is 125 Å². The normalized spacial score (nSPS) is 14.3. The summed E-state index contributed by atoms with van der Waals surface area (Å²) in [4.78, 5) is 24.5. The zero-order chi connectivity index (χ0) is 25.7. The van der Waals surface area contributed by atoms with Gasteiger partial charge in [0.1, 0.15) is 5.69 Å². The number of amides is 1. The van der Waals surface area contributed by atoms with E-state index in [1.807, 2.05) is 35.2 Å². The van der Waals surface area contributed by atoms with E-state index in [0.29, 0.717) is 31.0 Å². The van der Waals surface area contributed by atoms with Crippen molar-refractivity contribution in [1.29, 1.82) is 0 Å². The highest BCUT2D eigenvalue weighted by molar-refractivity contribution is 7.89. The highest BCUT2D eigenvalue weighted by Gasteiger charge is 2.29. The average Bonchev–Trinajstić information content (AvgIpc) is 2.88. The van der Waals surface area contributed by atoms with E-state index >= 15 is 0 Å². The molecule has 0 aliphatic carbocycles. The fourth-order valence-corrected chi connectivity index (χ4v) is 5.49. The molecule has 0 aromatic heterocycles. The molecule has 1 aliphatic rings. The van der Waals surface area contributed by atoms with Gasteiger partial charge in [-0.05, 0) is 42.0 Å². The molecule has 1 saturated heterocycles. The molecule has 1 amide bonds. The predicted molar refractivity (Wildman–Crippen MR) is 139 cm³/mol. The van der Waals surface area contributed by atoms with Crippen molar-refractivity contribution in [3.05, 3.63) is 88.5 Å². The van der Waals surface area contributed by atoms with Crippen LogP contribution in [-0.2, 0) is 21.4 Å². The molecule has 0 unspecified atom stereocenters. The highest BCUT2D eigenvalue weighted by Crippen LogP contribution is 2.31. The van der Waals surface area contributed by atoms with Gasteiger partial charge in [0.2, 0.25) is 15.9 Å². The third-order valence-electron chi connectivity index (χ3n) is 5.92. The van der Waals surface area contributed by atoms with Crippen LogP contribution in [0.25, 0.3) is 0 Å². The second kappa shape index (κ2) is 10.8.